The molecule has 1 saturated heterocycles. The SMILES string of the molecule is O=C(c1ccc(=O)[nH]c1)N1CC[C@H](O)[C@](Cc2ccccc2)(C(=O)O)C1. The number of aliphatic hydroxyl groups is 1. The topological polar surface area (TPSA) is 111 Å². The van der Waals surface area contributed by atoms with E-state index >= 15 is 0 Å². The first-order valence-corrected chi connectivity index (χ1v) is 8.36. The van der Waals surface area contributed by atoms with Gasteiger partial charge in [0.05, 0.1) is 11.7 Å². The number of nitrogens with one attached hydrogen (secondary N) is 1. The Hall–Kier alpha value is -2.93. The molecule has 1 amide bonds. The fraction of sp³-hybridized carbons (Fsp3) is 0.316. The molecule has 1 aliphatic heterocycles. The van der Waals surface area contributed by atoms with Gasteiger partial charge < -0.3 is 20.1 Å². The summed E-state index contributed by atoms with van der Waals surface area (Å²) < 4.78 is 0. The summed E-state index contributed by atoms with van der Waals surface area (Å²) in [7, 11) is 0. The van der Waals surface area contributed by atoms with E-state index in [2.05, 4.69) is 4.98 Å². The van der Waals surface area contributed by atoms with Gasteiger partial charge in [0.25, 0.3) is 5.91 Å². The molecule has 7 nitrogen and oxygen atoms in total. The number of aromatic nitrogens is 1. The molecule has 0 spiro atoms. The lowest BCUT2D eigenvalue weighted by Gasteiger charge is -2.43. The minimum absolute atomic E-state index is 0.101. The van der Waals surface area contributed by atoms with Gasteiger partial charge in [-0.2, -0.15) is 0 Å². The van der Waals surface area contributed by atoms with Crippen molar-refractivity contribution in [3.63, 3.8) is 0 Å². The second-order valence-electron chi connectivity index (χ2n) is 6.60. The maximum atomic E-state index is 12.7. The number of aromatic amines is 1. The van der Waals surface area contributed by atoms with E-state index in [4.69, 9.17) is 0 Å². The van der Waals surface area contributed by atoms with Crippen LogP contribution in [0, 0.1) is 5.41 Å². The lowest BCUT2D eigenvalue weighted by atomic mass is 9.72. The number of carboxylic acid groups (broad SMARTS) is 1. The van der Waals surface area contributed by atoms with E-state index in [1.165, 1.54) is 23.2 Å². The highest BCUT2D eigenvalue weighted by Crippen LogP contribution is 2.35. The zero-order valence-corrected chi connectivity index (χ0v) is 14.1. The van der Waals surface area contributed by atoms with Crippen molar-refractivity contribution in [1.82, 2.24) is 9.88 Å². The van der Waals surface area contributed by atoms with E-state index < -0.39 is 17.5 Å². The fourth-order valence-electron chi connectivity index (χ4n) is 3.40. The molecule has 7 heteroatoms. The molecule has 0 unspecified atom stereocenters. The van der Waals surface area contributed by atoms with Crippen molar-refractivity contribution in [2.75, 3.05) is 13.1 Å². The predicted molar refractivity (Wildman–Crippen MR) is 93.8 cm³/mol. The highest BCUT2D eigenvalue weighted by atomic mass is 16.4. The van der Waals surface area contributed by atoms with Gasteiger partial charge in [0.15, 0.2) is 0 Å². The van der Waals surface area contributed by atoms with E-state index in [-0.39, 0.29) is 43.0 Å². The smallest absolute Gasteiger partial charge is 0.314 e. The molecule has 1 fully saturated rings. The highest BCUT2D eigenvalue weighted by molar-refractivity contribution is 5.94. The molecule has 0 radical (unpaired) electrons. The van der Waals surface area contributed by atoms with Gasteiger partial charge in [-0.05, 0) is 24.5 Å². The normalized spacial score (nSPS) is 22.8. The number of nitrogens with zero attached hydrogens (tertiary/aromatic N) is 1. The summed E-state index contributed by atoms with van der Waals surface area (Å²) in [4.78, 5) is 39.8. The first kappa shape index (κ1) is 17.9. The number of amides is 1. The Bertz CT molecular complexity index is 843. The van der Waals surface area contributed by atoms with E-state index in [9.17, 15) is 24.6 Å². The number of piperidine rings is 1. The van der Waals surface area contributed by atoms with Crippen LogP contribution < -0.4 is 5.56 Å². The molecule has 3 rings (SSSR count). The molecule has 2 heterocycles. The molecule has 0 bridgehead atoms. The molecule has 26 heavy (non-hydrogen) atoms. The quantitative estimate of drug-likeness (QED) is 0.754. The summed E-state index contributed by atoms with van der Waals surface area (Å²) >= 11 is 0. The lowest BCUT2D eigenvalue weighted by molar-refractivity contribution is -0.161. The molecule has 1 aromatic heterocycles. The maximum absolute atomic E-state index is 12.7. The summed E-state index contributed by atoms with van der Waals surface area (Å²) in [5.74, 6) is -1.50. The average Bonchev–Trinajstić information content (AvgIpc) is 2.64. The van der Waals surface area contributed by atoms with Crippen molar-refractivity contribution in [2.45, 2.75) is 18.9 Å². The van der Waals surface area contributed by atoms with Crippen molar-refractivity contribution in [3.05, 3.63) is 70.1 Å². The van der Waals surface area contributed by atoms with Crippen LogP contribution in [0.2, 0.25) is 0 Å². The summed E-state index contributed by atoms with van der Waals surface area (Å²) in [6.07, 6.45) is 0.559. The second-order valence-corrected chi connectivity index (χ2v) is 6.60. The molecular formula is C19H20N2O5. The van der Waals surface area contributed by atoms with Crippen LogP contribution in [0.5, 0.6) is 0 Å². The number of carboxylic acids is 1. The first-order valence-electron chi connectivity index (χ1n) is 8.36. The highest BCUT2D eigenvalue weighted by Gasteiger charge is 2.50. The van der Waals surface area contributed by atoms with Crippen LogP contribution in [0.15, 0.2) is 53.5 Å². The van der Waals surface area contributed by atoms with Gasteiger partial charge >= 0.3 is 5.97 Å². The lowest BCUT2D eigenvalue weighted by Crippen LogP contribution is -2.58. The van der Waals surface area contributed by atoms with Crippen LogP contribution in [-0.4, -0.2) is 51.2 Å². The Morgan fingerprint density at radius 1 is 1.19 bits per heavy atom. The third-order valence-electron chi connectivity index (χ3n) is 4.89. The van der Waals surface area contributed by atoms with E-state index in [0.29, 0.717) is 0 Å². The van der Waals surface area contributed by atoms with Gasteiger partial charge in [0.2, 0.25) is 5.56 Å². The van der Waals surface area contributed by atoms with Gasteiger partial charge in [-0.25, -0.2) is 0 Å². The molecule has 1 aromatic carbocycles. The number of benzene rings is 1. The largest absolute Gasteiger partial charge is 0.481 e. The maximum Gasteiger partial charge on any atom is 0.314 e. The average molecular weight is 356 g/mol. The van der Waals surface area contributed by atoms with Crippen molar-refractivity contribution >= 4 is 11.9 Å². The zero-order chi connectivity index (χ0) is 18.7. The third kappa shape index (κ3) is 3.39. The predicted octanol–water partition coefficient (Wildman–Crippen LogP) is 0.895. The van der Waals surface area contributed by atoms with E-state index in [1.54, 1.807) is 12.1 Å². The number of carbonyl (C=O) groups is 2. The number of hydrogen-bond acceptors (Lipinski definition) is 4. The van der Waals surface area contributed by atoms with Crippen LogP contribution in [0.25, 0.3) is 0 Å². The van der Waals surface area contributed by atoms with E-state index in [0.717, 1.165) is 5.56 Å². The third-order valence-corrected chi connectivity index (χ3v) is 4.89. The van der Waals surface area contributed by atoms with Crippen molar-refractivity contribution in [2.24, 2.45) is 5.41 Å². The van der Waals surface area contributed by atoms with E-state index in [1.807, 2.05) is 18.2 Å². The summed E-state index contributed by atoms with van der Waals surface area (Å²) in [6.45, 7) is 0.152. The molecule has 2 atom stereocenters. The summed E-state index contributed by atoms with van der Waals surface area (Å²) in [6, 6.07) is 11.7. The number of aliphatic hydroxyl groups excluding tert-OH is 1. The van der Waals surface area contributed by atoms with Gasteiger partial charge in [-0.15, -0.1) is 0 Å². The minimum Gasteiger partial charge on any atom is -0.481 e. The van der Waals surface area contributed by atoms with Gasteiger partial charge in [-0.1, -0.05) is 30.3 Å². The Kier molecular flexibility index (Phi) is 4.90. The Balaban J connectivity index is 1.89. The Morgan fingerprint density at radius 2 is 1.92 bits per heavy atom. The van der Waals surface area contributed by atoms with Crippen LogP contribution >= 0.6 is 0 Å². The van der Waals surface area contributed by atoms with Gasteiger partial charge in [0, 0.05) is 25.4 Å². The summed E-state index contributed by atoms with van der Waals surface area (Å²) in [5.41, 5.74) is -0.732. The summed E-state index contributed by atoms with van der Waals surface area (Å²) in [5, 5.41) is 20.4. The van der Waals surface area contributed by atoms with Gasteiger partial charge in [-0.3, -0.25) is 14.4 Å². The van der Waals surface area contributed by atoms with Crippen molar-refractivity contribution < 1.29 is 19.8 Å². The Labute approximate surface area is 149 Å². The molecule has 0 aliphatic carbocycles. The molecule has 0 saturated carbocycles. The monoisotopic (exact) mass is 356 g/mol. The number of aliphatic carboxylic acids is 1. The second kappa shape index (κ2) is 7.13. The van der Waals surface area contributed by atoms with Crippen LogP contribution in [0.1, 0.15) is 22.3 Å². The molecular weight excluding hydrogens is 336 g/mol. The zero-order valence-electron chi connectivity index (χ0n) is 14.1. The molecule has 136 valence electrons. The minimum atomic E-state index is -1.47. The number of carbonyl (C=O) groups excluding carboxylic acids is 1. The number of likely N-dealkylation sites (tertiary alicyclic amines) is 1. The van der Waals surface area contributed by atoms with Crippen LogP contribution in [0.3, 0.4) is 0 Å². The van der Waals surface area contributed by atoms with Gasteiger partial charge in [0.1, 0.15) is 5.41 Å². The molecule has 3 N–H and O–H groups in total. The number of hydrogen-bond donors (Lipinski definition) is 3. The van der Waals surface area contributed by atoms with Crippen molar-refractivity contribution in [3.8, 4) is 0 Å². The van der Waals surface area contributed by atoms with Crippen molar-refractivity contribution in [1.29, 1.82) is 0 Å². The first-order chi connectivity index (χ1) is 12.4. The fourth-order valence-corrected chi connectivity index (χ4v) is 3.40. The standard InChI is InChI=1S/C19H20N2O5/c22-15-8-9-21(17(24)14-6-7-16(23)20-11-14)12-19(15,18(25)26)10-13-4-2-1-3-5-13/h1-7,11,15,22H,8-10,12H2,(H,20,23)(H,25,26)/t15-,19+/m0/s1. The van der Waals surface area contributed by atoms with Crippen LogP contribution in [0.4, 0.5) is 0 Å². The number of pyridine rings is 1. The van der Waals surface area contributed by atoms with Crippen LogP contribution in [-0.2, 0) is 11.2 Å². The Morgan fingerprint density at radius 3 is 2.54 bits per heavy atom. The number of H-pyrrole nitrogens is 1. The molecule has 2 aromatic rings. The number of rotatable bonds is 4. The molecule has 1 aliphatic rings.